The third-order valence-corrected chi connectivity index (χ3v) is 5.18. The molecule has 0 aliphatic carbocycles. The number of aromatic nitrogens is 2. The largest absolute Gasteiger partial charge is 0.467 e. The van der Waals surface area contributed by atoms with Crippen LogP contribution in [-0.4, -0.2) is 28.8 Å². The highest BCUT2D eigenvalue weighted by molar-refractivity contribution is 6.39. The van der Waals surface area contributed by atoms with Crippen molar-refractivity contribution in [1.82, 2.24) is 15.1 Å². The molecule has 152 valence electrons. The Bertz CT molecular complexity index is 1090. The fourth-order valence-electron chi connectivity index (χ4n) is 3.08. The van der Waals surface area contributed by atoms with Crippen molar-refractivity contribution >= 4 is 35.1 Å². The van der Waals surface area contributed by atoms with Gasteiger partial charge in [-0.05, 0) is 35.9 Å². The minimum atomic E-state index is -1.63. The molecule has 3 rings (SSSR count). The van der Waals surface area contributed by atoms with Crippen molar-refractivity contribution < 1.29 is 14.3 Å². The Labute approximate surface area is 183 Å². The Morgan fingerprint density at radius 3 is 2.37 bits per heavy atom. The molecular weight excluding hydrogens is 425 g/mol. The maximum atomic E-state index is 13.1. The van der Waals surface area contributed by atoms with Crippen LogP contribution in [0.5, 0.6) is 0 Å². The summed E-state index contributed by atoms with van der Waals surface area (Å²) in [6.07, 6.45) is 8.84. The number of rotatable bonds is 6. The van der Waals surface area contributed by atoms with Crippen molar-refractivity contribution in [3.63, 3.8) is 0 Å². The first kappa shape index (κ1) is 21.4. The molecule has 0 bridgehead atoms. The molecule has 0 saturated carbocycles. The van der Waals surface area contributed by atoms with Gasteiger partial charge in [-0.15, -0.1) is 12.3 Å². The van der Waals surface area contributed by atoms with E-state index >= 15 is 0 Å². The highest BCUT2D eigenvalue weighted by atomic mass is 35.5. The molecule has 1 atom stereocenters. The minimum Gasteiger partial charge on any atom is -0.467 e. The second-order valence-corrected chi connectivity index (χ2v) is 7.14. The number of nitrogens with zero attached hydrogens (tertiary/aromatic N) is 2. The standard InChI is InChI=1S/C22H17Cl2N3O3/c1-3-12-22(21(29)30-2,26-20(28)19-17(23)6-4-7-18(19)24)15-8-10-16(11-9-15)27-14-5-13-25-27/h1,4-11,13-14H,12H2,2H3,(H,26,28). The number of carbonyl (C=O) groups is 2. The Kier molecular flexibility index (Phi) is 6.46. The van der Waals surface area contributed by atoms with Gasteiger partial charge < -0.3 is 10.1 Å². The third kappa shape index (κ3) is 4.04. The lowest BCUT2D eigenvalue weighted by atomic mass is 9.86. The fourth-order valence-corrected chi connectivity index (χ4v) is 3.65. The average molecular weight is 442 g/mol. The number of benzene rings is 2. The lowest BCUT2D eigenvalue weighted by Gasteiger charge is -2.31. The zero-order valence-electron chi connectivity index (χ0n) is 15.9. The van der Waals surface area contributed by atoms with E-state index in [1.165, 1.54) is 19.2 Å². The maximum Gasteiger partial charge on any atom is 0.337 e. The summed E-state index contributed by atoms with van der Waals surface area (Å²) in [5, 5.41) is 7.16. The molecule has 0 fully saturated rings. The predicted molar refractivity (Wildman–Crippen MR) is 115 cm³/mol. The number of methoxy groups -OCH3 is 1. The summed E-state index contributed by atoms with van der Waals surface area (Å²) in [6.45, 7) is 0. The van der Waals surface area contributed by atoms with Gasteiger partial charge in [0.25, 0.3) is 5.91 Å². The average Bonchev–Trinajstić information content (AvgIpc) is 3.27. The van der Waals surface area contributed by atoms with Crippen LogP contribution in [-0.2, 0) is 15.1 Å². The molecule has 1 N–H and O–H groups in total. The van der Waals surface area contributed by atoms with Crippen molar-refractivity contribution in [2.45, 2.75) is 12.0 Å². The van der Waals surface area contributed by atoms with Crippen LogP contribution in [0.25, 0.3) is 5.69 Å². The number of carbonyl (C=O) groups excluding carboxylic acids is 2. The summed E-state index contributed by atoms with van der Waals surface area (Å²) in [5.74, 6) is 1.08. The molecule has 0 spiro atoms. The van der Waals surface area contributed by atoms with Gasteiger partial charge in [0.05, 0.1) is 28.4 Å². The van der Waals surface area contributed by atoms with Crippen molar-refractivity contribution in [3.05, 3.63) is 82.1 Å². The first-order valence-corrected chi connectivity index (χ1v) is 9.57. The number of nitrogens with one attached hydrogen (secondary N) is 1. The highest BCUT2D eigenvalue weighted by Crippen LogP contribution is 2.31. The van der Waals surface area contributed by atoms with Gasteiger partial charge in [0.1, 0.15) is 0 Å². The predicted octanol–water partition coefficient (Wildman–Crippen LogP) is 4.00. The molecule has 0 aliphatic heterocycles. The van der Waals surface area contributed by atoms with Gasteiger partial charge >= 0.3 is 5.97 Å². The molecule has 1 unspecified atom stereocenters. The number of ether oxygens (including phenoxy) is 1. The van der Waals surface area contributed by atoms with Crippen LogP contribution in [0.4, 0.5) is 0 Å². The smallest absolute Gasteiger partial charge is 0.337 e. The van der Waals surface area contributed by atoms with Crippen LogP contribution < -0.4 is 5.32 Å². The Morgan fingerprint density at radius 1 is 1.17 bits per heavy atom. The maximum absolute atomic E-state index is 13.1. The second kappa shape index (κ2) is 9.04. The molecule has 0 radical (unpaired) electrons. The number of halogens is 2. The minimum absolute atomic E-state index is 0.0410. The van der Waals surface area contributed by atoms with E-state index in [0.29, 0.717) is 5.56 Å². The van der Waals surface area contributed by atoms with Gasteiger partial charge in [-0.25, -0.2) is 9.48 Å². The summed E-state index contributed by atoms with van der Waals surface area (Å²) < 4.78 is 6.65. The zero-order chi connectivity index (χ0) is 21.7. The topological polar surface area (TPSA) is 73.2 Å². The zero-order valence-corrected chi connectivity index (χ0v) is 17.4. The molecule has 2 aromatic carbocycles. The summed E-state index contributed by atoms with van der Waals surface area (Å²) in [7, 11) is 1.22. The molecule has 0 saturated heterocycles. The van der Waals surface area contributed by atoms with E-state index in [-0.39, 0.29) is 22.0 Å². The monoisotopic (exact) mass is 441 g/mol. The van der Waals surface area contributed by atoms with Crippen LogP contribution >= 0.6 is 23.2 Å². The summed E-state index contributed by atoms with van der Waals surface area (Å²) in [4.78, 5) is 25.9. The Morgan fingerprint density at radius 2 is 1.83 bits per heavy atom. The van der Waals surface area contributed by atoms with Crippen molar-refractivity contribution in [1.29, 1.82) is 0 Å². The summed E-state index contributed by atoms with van der Waals surface area (Å²) in [5.41, 5.74) is -0.381. The Balaban J connectivity index is 2.06. The molecule has 1 amide bonds. The summed E-state index contributed by atoms with van der Waals surface area (Å²) >= 11 is 12.3. The van der Waals surface area contributed by atoms with E-state index in [4.69, 9.17) is 34.4 Å². The Hall–Kier alpha value is -3.27. The van der Waals surface area contributed by atoms with E-state index in [1.54, 1.807) is 53.5 Å². The molecular formula is C22H17Cl2N3O3. The van der Waals surface area contributed by atoms with Crippen LogP contribution in [0.3, 0.4) is 0 Å². The molecule has 1 aromatic heterocycles. The van der Waals surface area contributed by atoms with Gasteiger partial charge in [-0.3, -0.25) is 4.79 Å². The van der Waals surface area contributed by atoms with Crippen molar-refractivity contribution in [2.24, 2.45) is 0 Å². The number of hydrogen-bond acceptors (Lipinski definition) is 4. The van der Waals surface area contributed by atoms with Gasteiger partial charge in [-0.1, -0.05) is 41.4 Å². The SMILES string of the molecule is C#CCC(NC(=O)c1c(Cl)cccc1Cl)(C(=O)OC)c1ccc(-n2cccn2)cc1. The molecule has 3 aromatic rings. The molecule has 0 aliphatic rings. The van der Waals surface area contributed by atoms with E-state index in [2.05, 4.69) is 16.3 Å². The van der Waals surface area contributed by atoms with E-state index in [9.17, 15) is 9.59 Å². The van der Waals surface area contributed by atoms with Crippen LogP contribution in [0.15, 0.2) is 60.9 Å². The molecule has 30 heavy (non-hydrogen) atoms. The van der Waals surface area contributed by atoms with E-state index in [1.807, 2.05) is 0 Å². The number of amides is 1. The van der Waals surface area contributed by atoms with Crippen LogP contribution in [0.2, 0.25) is 10.0 Å². The van der Waals surface area contributed by atoms with Crippen molar-refractivity contribution in [3.8, 4) is 18.0 Å². The molecule has 8 heteroatoms. The van der Waals surface area contributed by atoms with Gasteiger partial charge in [0, 0.05) is 18.8 Å². The number of hydrogen-bond donors (Lipinski definition) is 1. The summed E-state index contributed by atoms with van der Waals surface area (Å²) in [6, 6.07) is 13.3. The van der Waals surface area contributed by atoms with Crippen molar-refractivity contribution in [2.75, 3.05) is 7.11 Å². The van der Waals surface area contributed by atoms with E-state index in [0.717, 1.165) is 5.69 Å². The van der Waals surface area contributed by atoms with Gasteiger partial charge in [0.15, 0.2) is 5.54 Å². The second-order valence-electron chi connectivity index (χ2n) is 6.33. The quantitative estimate of drug-likeness (QED) is 0.463. The first-order valence-electron chi connectivity index (χ1n) is 8.82. The van der Waals surface area contributed by atoms with Crippen LogP contribution in [0, 0.1) is 12.3 Å². The molecule has 1 heterocycles. The number of esters is 1. The third-order valence-electron chi connectivity index (χ3n) is 4.55. The van der Waals surface area contributed by atoms with Gasteiger partial charge in [0.2, 0.25) is 0 Å². The lowest BCUT2D eigenvalue weighted by molar-refractivity contribution is -0.148. The lowest BCUT2D eigenvalue weighted by Crippen LogP contribution is -2.52. The molecule has 6 nitrogen and oxygen atoms in total. The van der Waals surface area contributed by atoms with E-state index < -0.39 is 17.4 Å². The van der Waals surface area contributed by atoms with Crippen LogP contribution in [0.1, 0.15) is 22.3 Å². The fraction of sp³-hybridized carbons (Fsp3) is 0.136. The van der Waals surface area contributed by atoms with Gasteiger partial charge in [-0.2, -0.15) is 5.10 Å². The number of terminal acetylenes is 1. The normalized spacial score (nSPS) is 12.5. The first-order chi connectivity index (χ1) is 14.4. The highest BCUT2D eigenvalue weighted by Gasteiger charge is 2.43.